The van der Waals surface area contributed by atoms with Gasteiger partial charge in [-0.1, -0.05) is 19.4 Å². The molecule has 0 aliphatic rings. The predicted molar refractivity (Wildman–Crippen MR) is 69.6 cm³/mol. The van der Waals surface area contributed by atoms with Crippen LogP contribution < -0.4 is 10.6 Å². The second-order valence-corrected chi connectivity index (χ2v) is 4.19. The number of halogens is 1. The number of carboxylic acid groups (broad SMARTS) is 1. The smallest absolute Gasteiger partial charge is 0.326 e. The Kier molecular flexibility index (Phi) is 5.29. The Labute approximate surface area is 110 Å². The van der Waals surface area contributed by atoms with Gasteiger partial charge in [0.1, 0.15) is 11.9 Å². The minimum atomic E-state index is -1.09. The first-order valence-electron chi connectivity index (χ1n) is 6.01. The molecule has 0 aliphatic carbocycles. The molecular weight excluding hydrogens is 251 g/mol. The van der Waals surface area contributed by atoms with Gasteiger partial charge in [-0.2, -0.15) is 0 Å². The van der Waals surface area contributed by atoms with Crippen molar-refractivity contribution in [1.29, 1.82) is 0 Å². The van der Waals surface area contributed by atoms with Gasteiger partial charge in [0.15, 0.2) is 0 Å². The van der Waals surface area contributed by atoms with E-state index in [0.717, 1.165) is 0 Å². The lowest BCUT2D eigenvalue weighted by Gasteiger charge is -2.15. The summed E-state index contributed by atoms with van der Waals surface area (Å²) < 4.78 is 13.3. The molecule has 2 amide bonds. The van der Waals surface area contributed by atoms with E-state index in [4.69, 9.17) is 5.11 Å². The van der Waals surface area contributed by atoms with Crippen molar-refractivity contribution in [3.8, 4) is 0 Å². The second kappa shape index (κ2) is 6.72. The number of hydrogen-bond acceptors (Lipinski definition) is 2. The predicted octanol–water partition coefficient (Wildman–Crippen LogP) is 2.51. The number of carbonyl (C=O) groups is 2. The average molecular weight is 268 g/mol. The molecule has 1 rings (SSSR count). The van der Waals surface area contributed by atoms with Gasteiger partial charge in [0.2, 0.25) is 0 Å². The van der Waals surface area contributed by atoms with Crippen molar-refractivity contribution in [2.45, 2.75) is 32.7 Å². The molecule has 1 unspecified atom stereocenters. The SMILES string of the molecule is CCCC(NC(=O)Nc1cccc(F)c1C)C(=O)O. The number of anilines is 1. The van der Waals surface area contributed by atoms with E-state index in [9.17, 15) is 14.0 Å². The van der Waals surface area contributed by atoms with Crippen molar-refractivity contribution >= 4 is 17.7 Å². The highest BCUT2D eigenvalue weighted by Gasteiger charge is 2.19. The van der Waals surface area contributed by atoms with E-state index in [-0.39, 0.29) is 0 Å². The van der Waals surface area contributed by atoms with Crippen molar-refractivity contribution < 1.29 is 19.1 Å². The standard InChI is InChI=1S/C13H17FN2O3/c1-3-5-11(12(17)18)16-13(19)15-10-7-4-6-9(14)8(10)2/h4,6-7,11H,3,5H2,1-2H3,(H,17,18)(H2,15,16,19). The van der Waals surface area contributed by atoms with Crippen LogP contribution in [0.5, 0.6) is 0 Å². The summed E-state index contributed by atoms with van der Waals surface area (Å²) in [6.45, 7) is 3.36. The fourth-order valence-corrected chi connectivity index (χ4v) is 1.61. The maximum atomic E-state index is 13.3. The minimum Gasteiger partial charge on any atom is -0.480 e. The van der Waals surface area contributed by atoms with Crippen LogP contribution in [-0.4, -0.2) is 23.1 Å². The maximum absolute atomic E-state index is 13.3. The summed E-state index contributed by atoms with van der Waals surface area (Å²) in [5.41, 5.74) is 0.623. The van der Waals surface area contributed by atoms with Crippen molar-refractivity contribution in [1.82, 2.24) is 5.32 Å². The summed E-state index contributed by atoms with van der Waals surface area (Å²) in [4.78, 5) is 22.6. The van der Waals surface area contributed by atoms with Crippen LogP contribution in [0.1, 0.15) is 25.3 Å². The fourth-order valence-electron chi connectivity index (χ4n) is 1.61. The van der Waals surface area contributed by atoms with Gasteiger partial charge < -0.3 is 15.7 Å². The van der Waals surface area contributed by atoms with E-state index >= 15 is 0 Å². The summed E-state index contributed by atoms with van der Waals surface area (Å²) >= 11 is 0. The molecule has 0 aromatic heterocycles. The number of carboxylic acids is 1. The van der Waals surface area contributed by atoms with E-state index in [1.54, 1.807) is 6.07 Å². The zero-order chi connectivity index (χ0) is 14.4. The van der Waals surface area contributed by atoms with Crippen LogP contribution in [0, 0.1) is 12.7 Å². The first-order valence-corrected chi connectivity index (χ1v) is 6.01. The molecule has 19 heavy (non-hydrogen) atoms. The normalized spacial score (nSPS) is 11.7. The lowest BCUT2D eigenvalue weighted by Crippen LogP contribution is -2.43. The van der Waals surface area contributed by atoms with Crippen LogP contribution in [-0.2, 0) is 4.79 Å². The quantitative estimate of drug-likeness (QED) is 0.767. The molecule has 1 atom stereocenters. The Hall–Kier alpha value is -2.11. The monoisotopic (exact) mass is 268 g/mol. The zero-order valence-electron chi connectivity index (χ0n) is 10.9. The van der Waals surface area contributed by atoms with Gasteiger partial charge >= 0.3 is 12.0 Å². The molecule has 6 heteroatoms. The first-order chi connectivity index (χ1) is 8.95. The van der Waals surface area contributed by atoms with E-state index in [1.165, 1.54) is 19.1 Å². The third kappa shape index (κ3) is 4.24. The molecular formula is C13H17FN2O3. The molecule has 0 spiro atoms. The number of urea groups is 1. The molecule has 0 saturated carbocycles. The maximum Gasteiger partial charge on any atom is 0.326 e. The highest BCUT2D eigenvalue weighted by molar-refractivity contribution is 5.92. The van der Waals surface area contributed by atoms with Gasteiger partial charge in [-0.3, -0.25) is 0 Å². The molecule has 5 nitrogen and oxygen atoms in total. The number of hydrogen-bond donors (Lipinski definition) is 3. The van der Waals surface area contributed by atoms with Crippen LogP contribution >= 0.6 is 0 Å². The van der Waals surface area contributed by atoms with Crippen LogP contribution in [0.15, 0.2) is 18.2 Å². The molecule has 104 valence electrons. The lowest BCUT2D eigenvalue weighted by atomic mass is 10.1. The molecule has 1 aromatic carbocycles. The number of carbonyl (C=O) groups excluding carboxylic acids is 1. The topological polar surface area (TPSA) is 78.4 Å². The van der Waals surface area contributed by atoms with Gasteiger partial charge in [0.25, 0.3) is 0 Å². The van der Waals surface area contributed by atoms with Gasteiger partial charge in [0.05, 0.1) is 0 Å². The van der Waals surface area contributed by atoms with Crippen molar-refractivity contribution in [2.75, 3.05) is 5.32 Å². The Morgan fingerprint density at radius 1 is 1.42 bits per heavy atom. The number of rotatable bonds is 5. The fraction of sp³-hybridized carbons (Fsp3) is 0.385. The highest BCUT2D eigenvalue weighted by Crippen LogP contribution is 2.17. The number of nitrogens with one attached hydrogen (secondary N) is 2. The number of aliphatic carboxylic acids is 1. The van der Waals surface area contributed by atoms with Gasteiger partial charge in [0, 0.05) is 11.3 Å². The Morgan fingerprint density at radius 3 is 2.68 bits per heavy atom. The van der Waals surface area contributed by atoms with Gasteiger partial charge in [-0.05, 0) is 25.5 Å². The summed E-state index contributed by atoms with van der Waals surface area (Å²) in [6, 6.07) is 2.70. The molecule has 1 aromatic rings. The summed E-state index contributed by atoms with van der Waals surface area (Å²) in [5.74, 6) is -1.52. The van der Waals surface area contributed by atoms with E-state index in [2.05, 4.69) is 10.6 Å². The average Bonchev–Trinajstić information content (AvgIpc) is 2.34. The molecule has 0 saturated heterocycles. The van der Waals surface area contributed by atoms with Crippen LogP contribution in [0.3, 0.4) is 0 Å². The third-order valence-electron chi connectivity index (χ3n) is 2.70. The van der Waals surface area contributed by atoms with Crippen LogP contribution in [0.25, 0.3) is 0 Å². The van der Waals surface area contributed by atoms with E-state index in [1.807, 2.05) is 6.92 Å². The molecule has 0 radical (unpaired) electrons. The van der Waals surface area contributed by atoms with Crippen molar-refractivity contribution in [2.24, 2.45) is 0 Å². The van der Waals surface area contributed by atoms with Crippen LogP contribution in [0.2, 0.25) is 0 Å². The molecule has 0 heterocycles. The number of amides is 2. The third-order valence-corrected chi connectivity index (χ3v) is 2.70. The van der Waals surface area contributed by atoms with Crippen molar-refractivity contribution in [3.63, 3.8) is 0 Å². The minimum absolute atomic E-state index is 0.306. The van der Waals surface area contributed by atoms with E-state index < -0.39 is 23.9 Å². The Morgan fingerprint density at radius 2 is 2.11 bits per heavy atom. The molecule has 3 N–H and O–H groups in total. The molecule has 0 aliphatic heterocycles. The van der Waals surface area contributed by atoms with E-state index in [0.29, 0.717) is 24.1 Å². The lowest BCUT2D eigenvalue weighted by molar-refractivity contribution is -0.139. The summed E-state index contributed by atoms with van der Waals surface area (Å²) in [7, 11) is 0. The Balaban J connectivity index is 2.69. The number of benzene rings is 1. The molecule has 0 fully saturated rings. The second-order valence-electron chi connectivity index (χ2n) is 4.19. The Bertz CT molecular complexity index is 477. The van der Waals surface area contributed by atoms with Crippen molar-refractivity contribution in [3.05, 3.63) is 29.6 Å². The molecule has 0 bridgehead atoms. The van der Waals surface area contributed by atoms with Gasteiger partial charge in [-0.15, -0.1) is 0 Å². The summed E-state index contributed by atoms with van der Waals surface area (Å²) in [5, 5.41) is 13.7. The zero-order valence-corrected chi connectivity index (χ0v) is 10.9. The highest BCUT2D eigenvalue weighted by atomic mass is 19.1. The summed E-state index contributed by atoms with van der Waals surface area (Å²) in [6.07, 6.45) is 0.973. The van der Waals surface area contributed by atoms with Gasteiger partial charge in [-0.25, -0.2) is 14.0 Å². The van der Waals surface area contributed by atoms with Crippen LogP contribution in [0.4, 0.5) is 14.9 Å². The first kappa shape index (κ1) is 14.9. The largest absolute Gasteiger partial charge is 0.480 e.